The van der Waals surface area contributed by atoms with Gasteiger partial charge < -0.3 is 4.90 Å². The molecular formula is C31H25NS. The third kappa shape index (κ3) is 5.14. The Hall–Kier alpha value is -3.88. The van der Waals surface area contributed by atoms with Crippen LogP contribution in [0, 0.1) is 0 Å². The lowest BCUT2D eigenvalue weighted by Crippen LogP contribution is -2.09. The Morgan fingerprint density at radius 3 is 1.67 bits per heavy atom. The number of nitrogens with zero attached hydrogens (tertiary/aromatic N) is 1. The fourth-order valence-corrected chi connectivity index (χ4v) is 4.74. The Balaban J connectivity index is 1.50. The smallest absolute Gasteiger partial charge is 0.0462 e. The molecule has 0 N–H and O–H groups in total. The summed E-state index contributed by atoms with van der Waals surface area (Å²) in [5.41, 5.74) is 7.24. The van der Waals surface area contributed by atoms with E-state index in [9.17, 15) is 0 Å². The molecule has 4 aromatic carbocycles. The van der Waals surface area contributed by atoms with Crippen molar-refractivity contribution in [3.8, 4) is 0 Å². The van der Waals surface area contributed by atoms with E-state index in [0.29, 0.717) is 0 Å². The molecule has 0 aliphatic carbocycles. The van der Waals surface area contributed by atoms with Gasteiger partial charge in [-0.3, -0.25) is 0 Å². The van der Waals surface area contributed by atoms with E-state index in [0.717, 1.165) is 23.5 Å². The summed E-state index contributed by atoms with van der Waals surface area (Å²) >= 11 is 1.81. The number of hydrogen-bond acceptors (Lipinski definition) is 2. The van der Waals surface area contributed by atoms with Gasteiger partial charge in [-0.05, 0) is 64.5 Å². The average molecular weight is 444 g/mol. The van der Waals surface area contributed by atoms with Crippen LogP contribution in [-0.2, 0) is 6.42 Å². The molecule has 0 saturated carbocycles. The van der Waals surface area contributed by atoms with E-state index in [-0.39, 0.29) is 0 Å². The van der Waals surface area contributed by atoms with Crippen LogP contribution in [-0.4, -0.2) is 0 Å². The second-order valence-corrected chi connectivity index (χ2v) is 8.92. The van der Waals surface area contributed by atoms with Crippen LogP contribution >= 0.6 is 11.3 Å². The Morgan fingerprint density at radius 1 is 0.576 bits per heavy atom. The Kier molecular flexibility index (Phi) is 6.46. The van der Waals surface area contributed by atoms with Crippen LogP contribution in [0.5, 0.6) is 0 Å². The van der Waals surface area contributed by atoms with E-state index in [1.807, 2.05) is 11.3 Å². The van der Waals surface area contributed by atoms with Crippen LogP contribution in [0.1, 0.15) is 16.0 Å². The lowest BCUT2D eigenvalue weighted by molar-refractivity contribution is 1.28. The Morgan fingerprint density at radius 2 is 1.12 bits per heavy atom. The minimum atomic E-state index is 0.934. The van der Waals surface area contributed by atoms with Gasteiger partial charge in [-0.2, -0.15) is 0 Å². The highest BCUT2D eigenvalue weighted by atomic mass is 32.1. The first-order chi connectivity index (χ1) is 16.4. The summed E-state index contributed by atoms with van der Waals surface area (Å²) in [5.74, 6) is 0. The van der Waals surface area contributed by atoms with E-state index < -0.39 is 0 Å². The molecule has 0 aliphatic heterocycles. The lowest BCUT2D eigenvalue weighted by atomic mass is 9.99. The predicted octanol–water partition coefficient (Wildman–Crippen LogP) is 9.00. The van der Waals surface area contributed by atoms with Crippen LogP contribution in [0.4, 0.5) is 17.1 Å². The number of thiophene rings is 1. The second kappa shape index (κ2) is 10.2. The van der Waals surface area contributed by atoms with Gasteiger partial charge in [0.2, 0.25) is 0 Å². The molecule has 0 aliphatic rings. The predicted molar refractivity (Wildman–Crippen MR) is 143 cm³/mol. The normalized spacial score (nSPS) is 11.3. The molecule has 2 heteroatoms. The number of hydrogen-bond donors (Lipinski definition) is 0. The lowest BCUT2D eigenvalue weighted by Gasteiger charge is -2.25. The van der Waals surface area contributed by atoms with E-state index in [2.05, 4.69) is 144 Å². The SMILES string of the molecule is C(=C(Cc1cccs1)c1ccccc1)c1ccc(N(c2ccccc2)c2ccccc2)cc1. The first-order valence-electron chi connectivity index (χ1n) is 11.2. The van der Waals surface area contributed by atoms with Gasteiger partial charge in [0.1, 0.15) is 0 Å². The largest absolute Gasteiger partial charge is 0.311 e. The van der Waals surface area contributed by atoms with Gasteiger partial charge in [0.15, 0.2) is 0 Å². The molecule has 0 fully saturated rings. The van der Waals surface area contributed by atoms with E-state index >= 15 is 0 Å². The molecule has 0 radical (unpaired) electrons. The van der Waals surface area contributed by atoms with E-state index in [1.165, 1.54) is 21.6 Å². The highest BCUT2D eigenvalue weighted by molar-refractivity contribution is 7.10. The number of benzene rings is 4. The quantitative estimate of drug-likeness (QED) is 0.227. The maximum atomic E-state index is 2.31. The average Bonchev–Trinajstić information content (AvgIpc) is 3.40. The van der Waals surface area contributed by atoms with Gasteiger partial charge in [0, 0.05) is 28.4 Å². The van der Waals surface area contributed by atoms with Gasteiger partial charge in [-0.25, -0.2) is 0 Å². The molecule has 33 heavy (non-hydrogen) atoms. The van der Waals surface area contributed by atoms with Gasteiger partial charge in [-0.1, -0.05) is 91.0 Å². The molecule has 160 valence electrons. The summed E-state index contributed by atoms with van der Waals surface area (Å²) < 4.78 is 0. The summed E-state index contributed by atoms with van der Waals surface area (Å²) in [6.07, 6.45) is 3.25. The van der Waals surface area contributed by atoms with E-state index in [1.54, 1.807) is 0 Å². The van der Waals surface area contributed by atoms with Crippen LogP contribution < -0.4 is 4.90 Å². The fraction of sp³-hybridized carbons (Fsp3) is 0.0323. The molecule has 0 spiro atoms. The number of para-hydroxylation sites is 2. The van der Waals surface area contributed by atoms with Crippen molar-refractivity contribution in [1.82, 2.24) is 0 Å². The zero-order valence-corrected chi connectivity index (χ0v) is 19.2. The summed E-state index contributed by atoms with van der Waals surface area (Å²) in [4.78, 5) is 3.66. The van der Waals surface area contributed by atoms with Crippen molar-refractivity contribution in [1.29, 1.82) is 0 Å². The van der Waals surface area contributed by atoms with Crippen molar-refractivity contribution in [2.24, 2.45) is 0 Å². The molecule has 1 heterocycles. The molecule has 5 rings (SSSR count). The number of anilines is 3. The van der Waals surface area contributed by atoms with Crippen molar-refractivity contribution in [3.05, 3.63) is 149 Å². The zero-order chi connectivity index (χ0) is 22.3. The molecule has 5 aromatic rings. The minimum absolute atomic E-state index is 0.934. The number of rotatable bonds is 7. The van der Waals surface area contributed by atoms with Crippen molar-refractivity contribution in [2.75, 3.05) is 4.90 Å². The second-order valence-electron chi connectivity index (χ2n) is 7.89. The van der Waals surface area contributed by atoms with Crippen LogP contribution in [0.2, 0.25) is 0 Å². The fourth-order valence-electron chi connectivity index (χ4n) is 4.01. The maximum Gasteiger partial charge on any atom is 0.0462 e. The van der Waals surface area contributed by atoms with Gasteiger partial charge in [-0.15, -0.1) is 11.3 Å². The zero-order valence-electron chi connectivity index (χ0n) is 18.3. The van der Waals surface area contributed by atoms with Crippen molar-refractivity contribution in [2.45, 2.75) is 6.42 Å². The highest BCUT2D eigenvalue weighted by Crippen LogP contribution is 2.34. The first-order valence-corrected chi connectivity index (χ1v) is 12.0. The number of allylic oxidation sites excluding steroid dienone is 1. The molecule has 0 unspecified atom stereocenters. The molecule has 1 nitrogen and oxygen atoms in total. The monoisotopic (exact) mass is 443 g/mol. The third-order valence-corrected chi connectivity index (χ3v) is 6.49. The molecule has 0 bridgehead atoms. The van der Waals surface area contributed by atoms with Crippen molar-refractivity contribution < 1.29 is 0 Å². The Bertz CT molecular complexity index is 1250. The first kappa shape index (κ1) is 21.0. The van der Waals surface area contributed by atoms with Crippen LogP contribution in [0.15, 0.2) is 133 Å². The van der Waals surface area contributed by atoms with Crippen molar-refractivity contribution in [3.63, 3.8) is 0 Å². The van der Waals surface area contributed by atoms with Gasteiger partial charge in [0.05, 0.1) is 0 Å². The highest BCUT2D eigenvalue weighted by Gasteiger charge is 2.11. The third-order valence-electron chi connectivity index (χ3n) is 5.61. The molecule has 0 amide bonds. The summed E-state index contributed by atoms with van der Waals surface area (Å²) in [7, 11) is 0. The molecule has 0 atom stereocenters. The minimum Gasteiger partial charge on any atom is -0.311 e. The van der Waals surface area contributed by atoms with Gasteiger partial charge in [0.25, 0.3) is 0 Å². The summed E-state index contributed by atoms with van der Waals surface area (Å²) in [5, 5.41) is 2.15. The van der Waals surface area contributed by atoms with Crippen LogP contribution in [0.3, 0.4) is 0 Å². The van der Waals surface area contributed by atoms with E-state index in [4.69, 9.17) is 0 Å². The van der Waals surface area contributed by atoms with Gasteiger partial charge >= 0.3 is 0 Å². The summed E-state index contributed by atoms with van der Waals surface area (Å²) in [6.45, 7) is 0. The molecule has 1 aromatic heterocycles. The standard InChI is InChI=1S/C31H25NS/c1-4-11-26(12-5-1)27(24-31-17-10-22-33-31)23-25-18-20-30(21-19-25)32(28-13-6-2-7-14-28)29-15-8-3-9-16-29/h1-23H,24H2. The summed E-state index contributed by atoms with van der Waals surface area (Å²) in [6, 6.07) is 44.9. The van der Waals surface area contributed by atoms with Crippen molar-refractivity contribution >= 4 is 40.0 Å². The molecular weight excluding hydrogens is 418 g/mol. The topological polar surface area (TPSA) is 3.24 Å². The Labute approximate surface area is 199 Å². The van der Waals surface area contributed by atoms with Crippen LogP contribution in [0.25, 0.3) is 11.6 Å². The molecule has 0 saturated heterocycles. The maximum absolute atomic E-state index is 2.31.